The molecular formula is C13H9ClN2O4. The Hall–Kier alpha value is -2.47. The summed E-state index contributed by atoms with van der Waals surface area (Å²) in [5.41, 5.74) is -0.121. The third kappa shape index (κ3) is 3.52. The second-order valence-electron chi connectivity index (χ2n) is 3.81. The van der Waals surface area contributed by atoms with Gasteiger partial charge in [0.25, 0.3) is 5.56 Å². The van der Waals surface area contributed by atoms with Crippen molar-refractivity contribution in [2.45, 2.75) is 0 Å². The minimum atomic E-state index is -0.788. The molecule has 0 radical (unpaired) electrons. The maximum absolute atomic E-state index is 11.7. The number of halogens is 1. The molecule has 6 nitrogen and oxygen atoms in total. The minimum absolute atomic E-state index is 0.0755. The van der Waals surface area contributed by atoms with Crippen molar-refractivity contribution in [1.82, 2.24) is 10.2 Å². The summed E-state index contributed by atoms with van der Waals surface area (Å²) in [6.45, 7) is -0.415. The number of rotatable bonds is 4. The fourth-order valence-corrected chi connectivity index (χ4v) is 1.51. The Morgan fingerprint density at radius 3 is 2.45 bits per heavy atom. The summed E-state index contributed by atoms with van der Waals surface area (Å²) >= 11 is 5.70. The number of ketones is 1. The van der Waals surface area contributed by atoms with Crippen LogP contribution in [0.4, 0.5) is 0 Å². The largest absolute Gasteiger partial charge is 0.453 e. The molecule has 2 aromatic rings. The predicted molar refractivity (Wildman–Crippen MR) is 70.9 cm³/mol. The van der Waals surface area contributed by atoms with Crippen molar-refractivity contribution in [1.29, 1.82) is 0 Å². The van der Waals surface area contributed by atoms with E-state index >= 15 is 0 Å². The highest BCUT2D eigenvalue weighted by Gasteiger charge is 2.13. The van der Waals surface area contributed by atoms with Crippen molar-refractivity contribution in [3.05, 3.63) is 63.0 Å². The molecule has 1 heterocycles. The van der Waals surface area contributed by atoms with E-state index in [2.05, 4.69) is 10.2 Å². The van der Waals surface area contributed by atoms with E-state index in [1.807, 2.05) is 0 Å². The first-order valence-electron chi connectivity index (χ1n) is 5.58. The van der Waals surface area contributed by atoms with Gasteiger partial charge in [-0.3, -0.25) is 9.59 Å². The van der Waals surface area contributed by atoms with E-state index in [0.717, 1.165) is 6.07 Å². The molecule has 0 fully saturated rings. The second kappa shape index (κ2) is 6.12. The molecule has 0 aliphatic rings. The first kappa shape index (κ1) is 14.0. The first-order valence-corrected chi connectivity index (χ1v) is 5.95. The molecule has 0 atom stereocenters. The van der Waals surface area contributed by atoms with Crippen molar-refractivity contribution < 1.29 is 14.3 Å². The first-order chi connectivity index (χ1) is 9.56. The number of Topliss-reactive ketones (excluding diaryl/α,β-unsaturated/α-hetero) is 1. The van der Waals surface area contributed by atoms with Gasteiger partial charge in [-0.05, 0) is 30.3 Å². The molecule has 0 aliphatic heterocycles. The Kier molecular flexibility index (Phi) is 4.27. The fraction of sp³-hybridized carbons (Fsp3) is 0.0769. The van der Waals surface area contributed by atoms with Crippen LogP contribution in [0.15, 0.2) is 41.2 Å². The lowest BCUT2D eigenvalue weighted by atomic mass is 10.1. The van der Waals surface area contributed by atoms with Crippen LogP contribution < -0.4 is 5.56 Å². The molecule has 0 amide bonds. The van der Waals surface area contributed by atoms with Gasteiger partial charge in [0.1, 0.15) is 0 Å². The number of benzene rings is 1. The van der Waals surface area contributed by atoms with Gasteiger partial charge >= 0.3 is 5.97 Å². The molecule has 102 valence electrons. The van der Waals surface area contributed by atoms with Crippen LogP contribution in [0, 0.1) is 0 Å². The fourth-order valence-electron chi connectivity index (χ4n) is 1.38. The summed E-state index contributed by atoms with van der Waals surface area (Å²) in [5.74, 6) is -1.15. The Labute approximate surface area is 118 Å². The average molecular weight is 293 g/mol. The van der Waals surface area contributed by atoms with Crippen LogP contribution >= 0.6 is 11.6 Å². The van der Waals surface area contributed by atoms with Crippen molar-refractivity contribution in [2.75, 3.05) is 6.61 Å². The number of esters is 1. The molecule has 1 N–H and O–H groups in total. The summed E-state index contributed by atoms with van der Waals surface area (Å²) in [5, 5.41) is 6.11. The molecule has 0 saturated carbocycles. The maximum atomic E-state index is 11.7. The van der Waals surface area contributed by atoms with Crippen LogP contribution in [0.25, 0.3) is 0 Å². The molecule has 0 aliphatic carbocycles. The lowest BCUT2D eigenvalue weighted by molar-refractivity contribution is 0.0467. The Bertz CT molecular complexity index is 674. The van der Waals surface area contributed by atoms with Gasteiger partial charge in [-0.25, -0.2) is 9.89 Å². The van der Waals surface area contributed by atoms with Crippen LogP contribution in [0.2, 0.25) is 5.02 Å². The predicted octanol–water partition coefficient (Wildman–Crippen LogP) is 1.46. The lowest BCUT2D eigenvalue weighted by Gasteiger charge is -2.03. The monoisotopic (exact) mass is 292 g/mol. The molecule has 2 rings (SSSR count). The van der Waals surface area contributed by atoms with Crippen LogP contribution in [-0.2, 0) is 4.74 Å². The second-order valence-corrected chi connectivity index (χ2v) is 4.25. The summed E-state index contributed by atoms with van der Waals surface area (Å²) in [4.78, 5) is 34.1. The SMILES string of the molecule is O=C(COC(=O)c1ccc(=O)[nH]n1)c1ccc(Cl)cc1. The van der Waals surface area contributed by atoms with Gasteiger partial charge in [-0.1, -0.05) is 11.6 Å². The number of nitrogens with one attached hydrogen (secondary N) is 1. The molecular weight excluding hydrogens is 284 g/mol. The summed E-state index contributed by atoms with van der Waals surface area (Å²) in [7, 11) is 0. The van der Waals surface area contributed by atoms with Crippen molar-refractivity contribution in [3.8, 4) is 0 Å². The number of H-pyrrole nitrogens is 1. The van der Waals surface area contributed by atoms with Gasteiger partial charge in [0.15, 0.2) is 18.1 Å². The highest BCUT2D eigenvalue weighted by Crippen LogP contribution is 2.10. The van der Waals surface area contributed by atoms with Gasteiger partial charge in [0, 0.05) is 16.7 Å². The zero-order chi connectivity index (χ0) is 14.5. The van der Waals surface area contributed by atoms with E-state index in [4.69, 9.17) is 16.3 Å². The van der Waals surface area contributed by atoms with Gasteiger partial charge in [-0.15, -0.1) is 0 Å². The van der Waals surface area contributed by atoms with E-state index in [9.17, 15) is 14.4 Å². The minimum Gasteiger partial charge on any atom is -0.453 e. The number of carbonyl (C=O) groups is 2. The summed E-state index contributed by atoms with van der Waals surface area (Å²) < 4.78 is 4.81. The molecule has 0 bridgehead atoms. The molecule has 1 aromatic carbocycles. The standard InChI is InChI=1S/C13H9ClN2O4/c14-9-3-1-8(2-4-9)11(17)7-20-13(19)10-5-6-12(18)16-15-10/h1-6H,7H2,(H,16,18). The van der Waals surface area contributed by atoms with Crippen molar-refractivity contribution in [3.63, 3.8) is 0 Å². The Balaban J connectivity index is 1.96. The van der Waals surface area contributed by atoms with Gasteiger partial charge in [0.05, 0.1) is 0 Å². The molecule has 0 saturated heterocycles. The quantitative estimate of drug-likeness (QED) is 0.681. The number of ether oxygens (including phenoxy) is 1. The van der Waals surface area contributed by atoms with E-state index in [-0.39, 0.29) is 11.5 Å². The average Bonchev–Trinajstić information content (AvgIpc) is 2.46. The maximum Gasteiger partial charge on any atom is 0.359 e. The zero-order valence-corrected chi connectivity index (χ0v) is 10.9. The summed E-state index contributed by atoms with van der Waals surface area (Å²) in [6, 6.07) is 8.58. The lowest BCUT2D eigenvalue weighted by Crippen LogP contribution is -2.17. The molecule has 7 heteroatoms. The topological polar surface area (TPSA) is 89.1 Å². The number of hydrogen-bond donors (Lipinski definition) is 1. The number of carbonyl (C=O) groups excluding carboxylic acids is 2. The van der Waals surface area contributed by atoms with E-state index in [1.165, 1.54) is 18.2 Å². The van der Waals surface area contributed by atoms with Crippen molar-refractivity contribution in [2.24, 2.45) is 0 Å². The smallest absolute Gasteiger partial charge is 0.359 e. The molecule has 0 spiro atoms. The van der Waals surface area contributed by atoms with Gasteiger partial charge in [0.2, 0.25) is 0 Å². The van der Waals surface area contributed by atoms with Crippen molar-refractivity contribution >= 4 is 23.4 Å². The molecule has 1 aromatic heterocycles. The Morgan fingerprint density at radius 1 is 1.15 bits per heavy atom. The van der Waals surface area contributed by atoms with E-state index < -0.39 is 18.1 Å². The molecule has 0 unspecified atom stereocenters. The number of aromatic amines is 1. The van der Waals surface area contributed by atoms with Crippen LogP contribution in [-0.4, -0.2) is 28.6 Å². The third-order valence-corrected chi connectivity index (χ3v) is 2.64. The summed E-state index contributed by atoms with van der Waals surface area (Å²) in [6.07, 6.45) is 0. The normalized spacial score (nSPS) is 10.1. The Morgan fingerprint density at radius 2 is 1.85 bits per heavy atom. The van der Waals surface area contributed by atoms with Crippen LogP contribution in [0.3, 0.4) is 0 Å². The third-order valence-electron chi connectivity index (χ3n) is 2.39. The molecule has 20 heavy (non-hydrogen) atoms. The zero-order valence-electron chi connectivity index (χ0n) is 10.1. The van der Waals surface area contributed by atoms with E-state index in [1.54, 1.807) is 12.1 Å². The highest BCUT2D eigenvalue weighted by molar-refractivity contribution is 6.30. The van der Waals surface area contributed by atoms with Gasteiger partial charge in [-0.2, -0.15) is 5.10 Å². The number of nitrogens with zero attached hydrogens (tertiary/aromatic N) is 1. The van der Waals surface area contributed by atoms with Crippen LogP contribution in [0.1, 0.15) is 20.8 Å². The highest BCUT2D eigenvalue weighted by atomic mass is 35.5. The number of hydrogen-bond acceptors (Lipinski definition) is 5. The van der Waals surface area contributed by atoms with Crippen LogP contribution in [0.5, 0.6) is 0 Å². The number of aromatic nitrogens is 2. The van der Waals surface area contributed by atoms with E-state index in [0.29, 0.717) is 10.6 Å². The van der Waals surface area contributed by atoms with Gasteiger partial charge < -0.3 is 4.74 Å².